The molecule has 2 heterocycles. The number of amides is 1. The number of para-hydroxylation sites is 2. The number of nitrogens with zero attached hydrogens (tertiary/aromatic N) is 4. The standard InChI is InChI=1S/C25H32N6O/c1-18(2)24(32)30-13-12-21(16-30)29-25(26-3)27-14-19-8-10-20(11-9-19)15-31-17-28-22-6-4-5-7-23(22)31/h4-11,17-18,21H,12-16H2,1-3H3,(H2,26,27,29). The van der Waals surface area contributed by atoms with E-state index in [1.165, 1.54) is 11.1 Å². The first-order valence-corrected chi connectivity index (χ1v) is 11.3. The largest absolute Gasteiger partial charge is 0.352 e. The van der Waals surface area contributed by atoms with Crippen LogP contribution in [0.3, 0.4) is 0 Å². The molecule has 3 aromatic rings. The van der Waals surface area contributed by atoms with Gasteiger partial charge in [0.05, 0.1) is 17.4 Å². The molecule has 32 heavy (non-hydrogen) atoms. The van der Waals surface area contributed by atoms with Crippen LogP contribution in [0.4, 0.5) is 0 Å². The van der Waals surface area contributed by atoms with E-state index in [9.17, 15) is 4.79 Å². The molecule has 1 amide bonds. The van der Waals surface area contributed by atoms with Gasteiger partial charge in [-0.2, -0.15) is 0 Å². The molecule has 7 heteroatoms. The predicted octanol–water partition coefficient (Wildman–Crippen LogP) is 3.01. The van der Waals surface area contributed by atoms with E-state index in [4.69, 9.17) is 0 Å². The molecule has 0 bridgehead atoms. The Balaban J connectivity index is 1.28. The van der Waals surface area contributed by atoms with Crippen molar-refractivity contribution in [3.63, 3.8) is 0 Å². The smallest absolute Gasteiger partial charge is 0.225 e. The van der Waals surface area contributed by atoms with Gasteiger partial charge in [0.1, 0.15) is 0 Å². The molecule has 0 radical (unpaired) electrons. The monoisotopic (exact) mass is 432 g/mol. The number of nitrogens with one attached hydrogen (secondary N) is 2. The van der Waals surface area contributed by atoms with Crippen molar-refractivity contribution < 1.29 is 4.79 Å². The van der Waals surface area contributed by atoms with Gasteiger partial charge in [0, 0.05) is 45.2 Å². The van der Waals surface area contributed by atoms with Crippen molar-refractivity contribution >= 4 is 22.9 Å². The molecule has 1 atom stereocenters. The number of imidazole rings is 1. The number of hydrogen-bond acceptors (Lipinski definition) is 3. The highest BCUT2D eigenvalue weighted by atomic mass is 16.2. The summed E-state index contributed by atoms with van der Waals surface area (Å²) in [5.41, 5.74) is 4.59. The Kier molecular flexibility index (Phi) is 6.73. The molecule has 4 rings (SSSR count). The minimum Gasteiger partial charge on any atom is -0.352 e. The molecule has 1 saturated heterocycles. The normalized spacial score (nSPS) is 16.7. The summed E-state index contributed by atoms with van der Waals surface area (Å²) in [6, 6.07) is 17.0. The van der Waals surface area contributed by atoms with E-state index < -0.39 is 0 Å². The quantitative estimate of drug-likeness (QED) is 0.464. The third-order valence-electron chi connectivity index (χ3n) is 5.92. The van der Waals surface area contributed by atoms with Crippen LogP contribution in [-0.4, -0.2) is 52.5 Å². The number of aliphatic imine (C=N–C) groups is 1. The topological polar surface area (TPSA) is 74.6 Å². The van der Waals surface area contributed by atoms with E-state index in [-0.39, 0.29) is 17.9 Å². The van der Waals surface area contributed by atoms with Crippen LogP contribution < -0.4 is 10.6 Å². The van der Waals surface area contributed by atoms with E-state index in [0.717, 1.165) is 43.0 Å². The summed E-state index contributed by atoms with van der Waals surface area (Å²) in [4.78, 5) is 23.0. The summed E-state index contributed by atoms with van der Waals surface area (Å²) in [5, 5.41) is 6.84. The average molecular weight is 433 g/mol. The maximum Gasteiger partial charge on any atom is 0.225 e. The van der Waals surface area contributed by atoms with Crippen LogP contribution in [0.1, 0.15) is 31.4 Å². The molecule has 1 aliphatic rings. The molecule has 0 saturated carbocycles. The van der Waals surface area contributed by atoms with Gasteiger partial charge in [0.2, 0.25) is 5.91 Å². The van der Waals surface area contributed by atoms with E-state index in [1.54, 1.807) is 7.05 Å². The zero-order valence-corrected chi connectivity index (χ0v) is 19.1. The molecular weight excluding hydrogens is 400 g/mol. The third kappa shape index (κ3) is 5.10. The van der Waals surface area contributed by atoms with Crippen LogP contribution in [0.15, 0.2) is 59.9 Å². The van der Waals surface area contributed by atoms with Gasteiger partial charge < -0.3 is 20.1 Å². The van der Waals surface area contributed by atoms with E-state index in [2.05, 4.69) is 55.5 Å². The number of rotatable bonds is 6. The van der Waals surface area contributed by atoms with Gasteiger partial charge in [0.15, 0.2) is 5.96 Å². The fourth-order valence-corrected chi connectivity index (χ4v) is 4.11. The summed E-state index contributed by atoms with van der Waals surface area (Å²) in [5.74, 6) is 1.03. The summed E-state index contributed by atoms with van der Waals surface area (Å²) in [7, 11) is 1.78. The van der Waals surface area contributed by atoms with E-state index in [1.807, 2.05) is 43.3 Å². The van der Waals surface area contributed by atoms with E-state index >= 15 is 0 Å². The highest BCUT2D eigenvalue weighted by molar-refractivity contribution is 5.81. The van der Waals surface area contributed by atoms with Crippen molar-refractivity contribution in [1.29, 1.82) is 0 Å². The summed E-state index contributed by atoms with van der Waals surface area (Å²) >= 11 is 0. The maximum absolute atomic E-state index is 12.2. The Bertz CT molecular complexity index is 1090. The molecule has 7 nitrogen and oxygen atoms in total. The van der Waals surface area contributed by atoms with Gasteiger partial charge in [-0.05, 0) is 29.7 Å². The van der Waals surface area contributed by atoms with Gasteiger partial charge in [-0.1, -0.05) is 50.2 Å². The predicted molar refractivity (Wildman–Crippen MR) is 128 cm³/mol. The molecule has 1 unspecified atom stereocenters. The first-order valence-electron chi connectivity index (χ1n) is 11.3. The van der Waals surface area contributed by atoms with Gasteiger partial charge in [-0.3, -0.25) is 9.79 Å². The minimum absolute atomic E-state index is 0.0432. The fraction of sp³-hybridized carbons (Fsp3) is 0.400. The van der Waals surface area contributed by atoms with Gasteiger partial charge in [-0.25, -0.2) is 4.98 Å². The lowest BCUT2D eigenvalue weighted by Gasteiger charge is -2.20. The Morgan fingerprint density at radius 2 is 1.91 bits per heavy atom. The number of carbonyl (C=O) groups excluding carboxylic acids is 1. The lowest BCUT2D eigenvalue weighted by Crippen LogP contribution is -2.45. The zero-order chi connectivity index (χ0) is 22.5. The Hall–Kier alpha value is -3.35. The number of likely N-dealkylation sites (tertiary alicyclic amines) is 1. The van der Waals surface area contributed by atoms with Crippen molar-refractivity contribution in [2.24, 2.45) is 10.9 Å². The van der Waals surface area contributed by atoms with Crippen LogP contribution in [0.5, 0.6) is 0 Å². The molecule has 0 spiro atoms. The SMILES string of the molecule is CN=C(NCc1ccc(Cn2cnc3ccccc32)cc1)NC1CCN(C(=O)C(C)C)C1. The number of hydrogen-bond donors (Lipinski definition) is 2. The number of benzene rings is 2. The third-order valence-corrected chi connectivity index (χ3v) is 5.92. The van der Waals surface area contributed by atoms with E-state index in [0.29, 0.717) is 6.54 Å². The lowest BCUT2D eigenvalue weighted by molar-refractivity contribution is -0.133. The summed E-state index contributed by atoms with van der Waals surface area (Å²) in [6.45, 7) is 6.92. The summed E-state index contributed by atoms with van der Waals surface area (Å²) in [6.07, 6.45) is 2.84. The fourth-order valence-electron chi connectivity index (χ4n) is 4.11. The first kappa shape index (κ1) is 21.9. The molecule has 2 aromatic carbocycles. The number of carbonyl (C=O) groups is 1. The Morgan fingerprint density at radius 3 is 2.66 bits per heavy atom. The highest BCUT2D eigenvalue weighted by Gasteiger charge is 2.27. The Labute approximate surface area is 189 Å². The van der Waals surface area contributed by atoms with Crippen molar-refractivity contribution in [2.45, 2.75) is 39.4 Å². The number of aromatic nitrogens is 2. The second kappa shape index (κ2) is 9.85. The Morgan fingerprint density at radius 1 is 1.16 bits per heavy atom. The second-order valence-electron chi connectivity index (χ2n) is 8.67. The van der Waals surface area contributed by atoms with Crippen molar-refractivity contribution in [1.82, 2.24) is 25.1 Å². The second-order valence-corrected chi connectivity index (χ2v) is 8.67. The number of guanidine groups is 1. The highest BCUT2D eigenvalue weighted by Crippen LogP contribution is 2.15. The van der Waals surface area contributed by atoms with Gasteiger partial charge in [0.25, 0.3) is 0 Å². The average Bonchev–Trinajstić information content (AvgIpc) is 3.44. The van der Waals surface area contributed by atoms with Gasteiger partial charge in [-0.15, -0.1) is 0 Å². The molecule has 1 aliphatic heterocycles. The van der Waals surface area contributed by atoms with Crippen molar-refractivity contribution in [2.75, 3.05) is 20.1 Å². The van der Waals surface area contributed by atoms with Crippen LogP contribution in [-0.2, 0) is 17.9 Å². The molecule has 168 valence electrons. The van der Waals surface area contributed by atoms with Crippen LogP contribution in [0.2, 0.25) is 0 Å². The lowest BCUT2D eigenvalue weighted by atomic mass is 10.1. The van der Waals surface area contributed by atoms with Gasteiger partial charge >= 0.3 is 0 Å². The minimum atomic E-state index is 0.0432. The van der Waals surface area contributed by atoms with Crippen LogP contribution in [0, 0.1) is 5.92 Å². The molecule has 1 aromatic heterocycles. The van der Waals surface area contributed by atoms with Crippen molar-refractivity contribution in [3.8, 4) is 0 Å². The first-order chi connectivity index (χ1) is 15.5. The maximum atomic E-state index is 12.2. The number of fused-ring (bicyclic) bond motifs is 1. The molecule has 2 N–H and O–H groups in total. The van der Waals surface area contributed by atoms with Crippen LogP contribution >= 0.6 is 0 Å². The summed E-state index contributed by atoms with van der Waals surface area (Å²) < 4.78 is 2.17. The molecule has 1 fully saturated rings. The molecular formula is C25H32N6O. The van der Waals surface area contributed by atoms with Crippen LogP contribution in [0.25, 0.3) is 11.0 Å². The molecule has 0 aliphatic carbocycles. The van der Waals surface area contributed by atoms with Crippen molar-refractivity contribution in [3.05, 3.63) is 66.0 Å². The zero-order valence-electron chi connectivity index (χ0n) is 19.1.